The van der Waals surface area contributed by atoms with E-state index in [2.05, 4.69) is 33.0 Å². The lowest BCUT2D eigenvalue weighted by Gasteiger charge is -2.20. The monoisotopic (exact) mass is 515 g/mol. The van der Waals surface area contributed by atoms with Crippen LogP contribution in [0, 0.1) is 0 Å². The van der Waals surface area contributed by atoms with Gasteiger partial charge in [-0.3, -0.25) is 9.59 Å². The van der Waals surface area contributed by atoms with E-state index in [-0.39, 0.29) is 17.1 Å². The van der Waals surface area contributed by atoms with Crippen molar-refractivity contribution in [3.63, 3.8) is 0 Å². The summed E-state index contributed by atoms with van der Waals surface area (Å²) in [6.07, 6.45) is 2.36. The number of nitrogens with one attached hydrogen (secondary N) is 1. The number of carbonyl (C=O) groups excluding carboxylic acids is 3. The van der Waals surface area contributed by atoms with Crippen LogP contribution in [0.3, 0.4) is 0 Å². The number of rotatable bonds is 11. The predicted octanol–water partition coefficient (Wildman–Crippen LogP) is 6.31. The molecule has 38 heavy (non-hydrogen) atoms. The van der Waals surface area contributed by atoms with E-state index in [0.717, 1.165) is 24.0 Å². The second-order valence-corrected chi connectivity index (χ2v) is 10.4. The Hall–Kier alpha value is -3.93. The highest BCUT2D eigenvalue weighted by atomic mass is 16.5. The smallest absolute Gasteiger partial charge is 0.343 e. The number of esters is 1. The number of unbranched alkanes of at least 4 members (excludes halogenated alkanes) is 1. The number of Topliss-reactive ketones (excluding diaryl/α,β-unsaturated/α-hetero) is 1. The third-order valence-corrected chi connectivity index (χ3v) is 6.24. The molecule has 3 aromatic carbocycles. The molecule has 1 N–H and O–H groups in total. The van der Waals surface area contributed by atoms with E-state index < -0.39 is 12.0 Å². The molecule has 6 nitrogen and oxygen atoms in total. The molecule has 1 atom stereocenters. The van der Waals surface area contributed by atoms with E-state index >= 15 is 0 Å². The first-order chi connectivity index (χ1) is 18.1. The summed E-state index contributed by atoms with van der Waals surface area (Å²) in [6, 6.07) is 20.6. The molecular formula is C32H37NO5. The Labute approximate surface area is 225 Å². The van der Waals surface area contributed by atoms with Crippen molar-refractivity contribution in [3.05, 3.63) is 95.1 Å². The molecular weight excluding hydrogens is 478 g/mol. The Morgan fingerprint density at radius 1 is 0.816 bits per heavy atom. The van der Waals surface area contributed by atoms with Gasteiger partial charge in [-0.15, -0.1) is 0 Å². The molecule has 0 saturated carbocycles. The molecule has 0 radical (unpaired) electrons. The third kappa shape index (κ3) is 8.30. The standard InChI is InChI=1S/C32H37NO5/c1-6-7-20-37-27-18-12-25(13-19-27)31(36)38-28-16-8-23(9-17-28)21-29(22(2)34)33-30(35)24-10-14-26(15-11-24)32(3,4)5/h8-19,29H,6-7,20-21H2,1-5H3,(H,33,35)/t29-/m0/s1. The summed E-state index contributed by atoms with van der Waals surface area (Å²) in [4.78, 5) is 37.6. The molecule has 0 spiro atoms. The fraction of sp³-hybridized carbons (Fsp3) is 0.344. The Kier molecular flexibility index (Phi) is 9.83. The summed E-state index contributed by atoms with van der Waals surface area (Å²) >= 11 is 0. The van der Waals surface area contributed by atoms with Crippen LogP contribution in [0.15, 0.2) is 72.8 Å². The first-order valence-corrected chi connectivity index (χ1v) is 13.0. The van der Waals surface area contributed by atoms with Crippen LogP contribution in [-0.4, -0.2) is 30.3 Å². The van der Waals surface area contributed by atoms with Crippen LogP contribution in [0.4, 0.5) is 0 Å². The van der Waals surface area contributed by atoms with E-state index in [1.807, 2.05) is 12.1 Å². The van der Waals surface area contributed by atoms with Crippen molar-refractivity contribution in [3.8, 4) is 11.5 Å². The highest BCUT2D eigenvalue weighted by Gasteiger charge is 2.20. The summed E-state index contributed by atoms with van der Waals surface area (Å²) < 4.78 is 11.1. The molecule has 0 aromatic heterocycles. The summed E-state index contributed by atoms with van der Waals surface area (Å²) in [6.45, 7) is 10.5. The van der Waals surface area contributed by atoms with Gasteiger partial charge >= 0.3 is 5.97 Å². The first-order valence-electron chi connectivity index (χ1n) is 13.0. The van der Waals surface area contributed by atoms with Crippen molar-refractivity contribution >= 4 is 17.7 Å². The van der Waals surface area contributed by atoms with Crippen molar-refractivity contribution in [2.75, 3.05) is 6.61 Å². The van der Waals surface area contributed by atoms with Gasteiger partial charge in [-0.05, 0) is 84.8 Å². The average molecular weight is 516 g/mol. The van der Waals surface area contributed by atoms with Crippen molar-refractivity contribution in [2.45, 2.75) is 65.3 Å². The van der Waals surface area contributed by atoms with Gasteiger partial charge in [0, 0.05) is 5.56 Å². The van der Waals surface area contributed by atoms with Crippen molar-refractivity contribution in [1.82, 2.24) is 5.32 Å². The van der Waals surface area contributed by atoms with Crippen LogP contribution in [0.25, 0.3) is 0 Å². The topological polar surface area (TPSA) is 81.7 Å². The fourth-order valence-corrected chi connectivity index (χ4v) is 3.78. The SMILES string of the molecule is CCCCOc1ccc(C(=O)Oc2ccc(C[C@H](NC(=O)c3ccc(C(C)(C)C)cc3)C(C)=O)cc2)cc1. The number of benzene rings is 3. The van der Waals surface area contributed by atoms with Crippen LogP contribution >= 0.6 is 0 Å². The van der Waals surface area contributed by atoms with Crippen LogP contribution < -0.4 is 14.8 Å². The second kappa shape index (κ2) is 13.0. The molecule has 1 amide bonds. The molecule has 200 valence electrons. The molecule has 0 fully saturated rings. The largest absolute Gasteiger partial charge is 0.494 e. The van der Waals surface area contributed by atoms with E-state index in [1.165, 1.54) is 6.92 Å². The van der Waals surface area contributed by atoms with Gasteiger partial charge in [0.1, 0.15) is 11.5 Å². The molecule has 0 saturated heterocycles. The first kappa shape index (κ1) is 28.6. The van der Waals surface area contributed by atoms with Crippen LogP contribution in [0.2, 0.25) is 0 Å². The molecule has 0 aliphatic heterocycles. The van der Waals surface area contributed by atoms with Crippen LogP contribution in [-0.2, 0) is 16.6 Å². The van der Waals surface area contributed by atoms with Crippen LogP contribution in [0.5, 0.6) is 11.5 Å². The van der Waals surface area contributed by atoms with Gasteiger partial charge in [0.15, 0.2) is 5.78 Å². The molecule has 3 rings (SSSR count). The molecule has 6 heteroatoms. The molecule has 3 aromatic rings. The van der Waals surface area contributed by atoms with Gasteiger partial charge in [0.2, 0.25) is 0 Å². The number of hydrogen-bond donors (Lipinski definition) is 1. The number of carbonyl (C=O) groups is 3. The third-order valence-electron chi connectivity index (χ3n) is 6.24. The normalized spacial score (nSPS) is 11.9. The highest BCUT2D eigenvalue weighted by Crippen LogP contribution is 2.22. The number of hydrogen-bond acceptors (Lipinski definition) is 5. The zero-order chi connectivity index (χ0) is 27.7. The zero-order valence-corrected chi connectivity index (χ0v) is 22.9. The maximum absolute atomic E-state index is 12.8. The summed E-state index contributed by atoms with van der Waals surface area (Å²) in [5.41, 5.74) is 2.89. The van der Waals surface area contributed by atoms with E-state index in [9.17, 15) is 14.4 Å². The predicted molar refractivity (Wildman–Crippen MR) is 149 cm³/mol. The maximum atomic E-state index is 12.8. The molecule has 0 bridgehead atoms. The number of amides is 1. The quantitative estimate of drug-likeness (QED) is 0.184. The van der Waals surface area contributed by atoms with Crippen molar-refractivity contribution in [2.24, 2.45) is 0 Å². The van der Waals surface area contributed by atoms with Crippen molar-refractivity contribution < 1.29 is 23.9 Å². The molecule has 0 aliphatic carbocycles. The molecule has 0 unspecified atom stereocenters. The van der Waals surface area contributed by atoms with Gasteiger partial charge in [-0.25, -0.2) is 4.79 Å². The summed E-state index contributed by atoms with van der Waals surface area (Å²) in [7, 11) is 0. The van der Waals surface area contributed by atoms with Gasteiger partial charge in [0.05, 0.1) is 18.2 Å². The molecule has 0 heterocycles. The number of ketones is 1. The average Bonchev–Trinajstić information content (AvgIpc) is 2.89. The van der Waals surface area contributed by atoms with Gasteiger partial charge in [-0.2, -0.15) is 0 Å². The Balaban J connectivity index is 1.57. The fourth-order valence-electron chi connectivity index (χ4n) is 3.78. The van der Waals surface area contributed by atoms with Crippen molar-refractivity contribution in [1.29, 1.82) is 0 Å². The second-order valence-electron chi connectivity index (χ2n) is 10.4. The Morgan fingerprint density at radius 2 is 1.39 bits per heavy atom. The van der Waals surface area contributed by atoms with E-state index in [0.29, 0.717) is 35.7 Å². The highest BCUT2D eigenvalue weighted by molar-refractivity contribution is 5.97. The lowest BCUT2D eigenvalue weighted by atomic mass is 9.86. The Morgan fingerprint density at radius 3 is 1.95 bits per heavy atom. The minimum absolute atomic E-state index is 0.00904. The lowest BCUT2D eigenvalue weighted by molar-refractivity contribution is -0.118. The zero-order valence-electron chi connectivity index (χ0n) is 22.9. The van der Waals surface area contributed by atoms with Crippen LogP contribution in [0.1, 0.15) is 79.3 Å². The molecule has 0 aliphatic rings. The summed E-state index contributed by atoms with van der Waals surface area (Å²) in [5.74, 6) is 0.210. The summed E-state index contributed by atoms with van der Waals surface area (Å²) in [5, 5.41) is 2.84. The van der Waals surface area contributed by atoms with E-state index in [1.54, 1.807) is 60.7 Å². The lowest BCUT2D eigenvalue weighted by Crippen LogP contribution is -2.41. The minimum Gasteiger partial charge on any atom is -0.494 e. The Bertz CT molecular complexity index is 1220. The van der Waals surface area contributed by atoms with Gasteiger partial charge in [0.25, 0.3) is 5.91 Å². The number of ether oxygens (including phenoxy) is 2. The van der Waals surface area contributed by atoms with E-state index in [4.69, 9.17) is 9.47 Å². The maximum Gasteiger partial charge on any atom is 0.343 e. The minimum atomic E-state index is -0.670. The van der Waals surface area contributed by atoms with Gasteiger partial charge in [-0.1, -0.05) is 58.4 Å². The van der Waals surface area contributed by atoms with Gasteiger partial charge < -0.3 is 14.8 Å².